The number of carbonyl (C=O) groups is 1. The summed E-state index contributed by atoms with van der Waals surface area (Å²) in [5.41, 5.74) is 2.17. The van der Waals surface area contributed by atoms with Crippen LogP contribution in [0.3, 0.4) is 0 Å². The largest absolute Gasteiger partial charge is 0.425 e. The van der Waals surface area contributed by atoms with E-state index >= 15 is 0 Å². The first-order valence-electron chi connectivity index (χ1n) is 6.43. The third kappa shape index (κ3) is 2.90. The van der Waals surface area contributed by atoms with Gasteiger partial charge in [0.25, 0.3) is 0 Å². The molecule has 0 fully saturated rings. The number of nitrogens with zero attached hydrogens (tertiary/aromatic N) is 1. The zero-order valence-electron chi connectivity index (χ0n) is 11.3. The average Bonchev–Trinajstić information content (AvgIpc) is 2.86. The van der Waals surface area contributed by atoms with Gasteiger partial charge in [0.15, 0.2) is 5.58 Å². The molecule has 0 bridgehead atoms. The van der Waals surface area contributed by atoms with Gasteiger partial charge in [0.05, 0.1) is 11.4 Å². The van der Waals surface area contributed by atoms with Crippen molar-refractivity contribution in [2.45, 2.75) is 13.3 Å². The number of ether oxygens (including phenoxy) is 1. The third-order valence-electron chi connectivity index (χ3n) is 3.07. The van der Waals surface area contributed by atoms with Crippen LogP contribution < -0.4 is 4.74 Å². The highest BCUT2D eigenvalue weighted by Gasteiger charge is 2.15. The molecule has 5 heteroatoms. The van der Waals surface area contributed by atoms with E-state index in [1.165, 1.54) is 0 Å². The molecule has 0 aliphatic carbocycles. The minimum atomic E-state index is -0.429. The zero-order chi connectivity index (χ0) is 14.8. The quantitative estimate of drug-likeness (QED) is 0.543. The molecule has 0 unspecified atom stereocenters. The van der Waals surface area contributed by atoms with Crippen molar-refractivity contribution in [3.8, 4) is 5.75 Å². The highest BCUT2D eigenvalue weighted by molar-refractivity contribution is 6.32. The molecular formula is C16H12ClNO3. The van der Waals surface area contributed by atoms with Crippen LogP contribution in [0.2, 0.25) is 5.02 Å². The molecule has 0 aliphatic rings. The molecule has 3 rings (SSSR count). The van der Waals surface area contributed by atoms with Gasteiger partial charge in [0, 0.05) is 5.39 Å². The van der Waals surface area contributed by atoms with Crippen LogP contribution in [0.4, 0.5) is 0 Å². The zero-order valence-corrected chi connectivity index (χ0v) is 12.1. The van der Waals surface area contributed by atoms with Crippen molar-refractivity contribution < 1.29 is 14.1 Å². The smallest absolute Gasteiger partial charge is 0.317 e. The van der Waals surface area contributed by atoms with E-state index in [0.717, 1.165) is 10.9 Å². The summed E-state index contributed by atoms with van der Waals surface area (Å²) < 4.78 is 10.5. The van der Waals surface area contributed by atoms with Crippen LogP contribution in [0.15, 0.2) is 47.0 Å². The molecule has 106 valence electrons. The lowest BCUT2D eigenvalue weighted by Gasteiger charge is -2.06. The average molecular weight is 302 g/mol. The molecule has 1 heterocycles. The van der Waals surface area contributed by atoms with Crippen molar-refractivity contribution >= 4 is 28.5 Å². The minimum absolute atomic E-state index is 0.0291. The van der Waals surface area contributed by atoms with Gasteiger partial charge in [-0.2, -0.15) is 0 Å². The van der Waals surface area contributed by atoms with Gasteiger partial charge in [-0.15, -0.1) is 0 Å². The molecule has 0 radical (unpaired) electrons. The molecule has 0 atom stereocenters. The van der Waals surface area contributed by atoms with Crippen molar-refractivity contribution in [3.05, 3.63) is 58.7 Å². The standard InChI is InChI=1S/C16H12ClNO3/c1-10-6-7-12(17)15(8-10)20-16(19)9-13-11-4-2-3-5-14(11)21-18-13/h2-8H,9H2,1H3. The van der Waals surface area contributed by atoms with Crippen molar-refractivity contribution in [2.75, 3.05) is 0 Å². The lowest BCUT2D eigenvalue weighted by atomic mass is 10.2. The predicted molar refractivity (Wildman–Crippen MR) is 79.5 cm³/mol. The minimum Gasteiger partial charge on any atom is -0.425 e. The fraction of sp³-hybridized carbons (Fsp3) is 0.125. The number of hydrogen-bond donors (Lipinski definition) is 0. The summed E-state index contributed by atoms with van der Waals surface area (Å²) in [6.45, 7) is 1.90. The Labute approximate surface area is 126 Å². The number of halogens is 1. The van der Waals surface area contributed by atoms with E-state index in [1.54, 1.807) is 18.2 Å². The normalized spacial score (nSPS) is 10.8. The van der Waals surface area contributed by atoms with Gasteiger partial charge in [0.1, 0.15) is 11.4 Å². The van der Waals surface area contributed by atoms with E-state index in [-0.39, 0.29) is 6.42 Å². The van der Waals surface area contributed by atoms with E-state index < -0.39 is 5.97 Å². The highest BCUT2D eigenvalue weighted by Crippen LogP contribution is 2.26. The predicted octanol–water partition coefficient (Wildman–Crippen LogP) is 3.94. The lowest BCUT2D eigenvalue weighted by Crippen LogP contribution is -2.12. The van der Waals surface area contributed by atoms with Gasteiger partial charge in [0.2, 0.25) is 0 Å². The number of aromatic nitrogens is 1. The summed E-state index contributed by atoms with van der Waals surface area (Å²) in [5.74, 6) is -0.0731. The maximum Gasteiger partial charge on any atom is 0.317 e. The van der Waals surface area contributed by atoms with Gasteiger partial charge >= 0.3 is 5.97 Å². The first-order valence-corrected chi connectivity index (χ1v) is 6.81. The van der Waals surface area contributed by atoms with E-state index in [1.807, 2.05) is 31.2 Å². The Morgan fingerprint density at radius 2 is 2.10 bits per heavy atom. The second kappa shape index (κ2) is 5.58. The molecule has 0 saturated carbocycles. The van der Waals surface area contributed by atoms with Crippen LogP contribution in [0.25, 0.3) is 11.0 Å². The second-order valence-corrected chi connectivity index (χ2v) is 5.12. The van der Waals surface area contributed by atoms with Gasteiger partial charge in [-0.3, -0.25) is 4.79 Å². The van der Waals surface area contributed by atoms with Crippen LogP contribution >= 0.6 is 11.6 Å². The Morgan fingerprint density at radius 3 is 2.95 bits per heavy atom. The molecule has 2 aromatic carbocycles. The fourth-order valence-electron chi connectivity index (χ4n) is 2.05. The van der Waals surface area contributed by atoms with Gasteiger partial charge in [-0.25, -0.2) is 0 Å². The third-order valence-corrected chi connectivity index (χ3v) is 3.39. The number of aryl methyl sites for hydroxylation is 1. The molecule has 0 saturated heterocycles. The van der Waals surface area contributed by atoms with E-state index in [9.17, 15) is 4.79 Å². The molecule has 21 heavy (non-hydrogen) atoms. The summed E-state index contributed by atoms with van der Waals surface area (Å²) in [6, 6.07) is 12.6. The Bertz CT molecular complexity index is 810. The van der Waals surface area contributed by atoms with Gasteiger partial charge in [-0.1, -0.05) is 35.0 Å². The molecule has 0 amide bonds. The van der Waals surface area contributed by atoms with E-state index in [0.29, 0.717) is 22.0 Å². The van der Waals surface area contributed by atoms with Crippen LogP contribution in [-0.2, 0) is 11.2 Å². The Balaban J connectivity index is 1.79. The van der Waals surface area contributed by atoms with Crippen molar-refractivity contribution in [1.82, 2.24) is 5.16 Å². The molecule has 3 aromatic rings. The molecular weight excluding hydrogens is 290 g/mol. The fourth-order valence-corrected chi connectivity index (χ4v) is 2.21. The van der Waals surface area contributed by atoms with Gasteiger partial charge in [-0.05, 0) is 36.8 Å². The van der Waals surface area contributed by atoms with Crippen molar-refractivity contribution in [3.63, 3.8) is 0 Å². The van der Waals surface area contributed by atoms with Crippen molar-refractivity contribution in [2.24, 2.45) is 0 Å². The summed E-state index contributed by atoms with van der Waals surface area (Å²) in [4.78, 5) is 12.0. The molecule has 0 spiro atoms. The van der Waals surface area contributed by atoms with E-state index in [2.05, 4.69) is 5.16 Å². The number of hydrogen-bond acceptors (Lipinski definition) is 4. The number of fused-ring (bicyclic) bond motifs is 1. The second-order valence-electron chi connectivity index (χ2n) is 4.71. The first kappa shape index (κ1) is 13.6. The Hall–Kier alpha value is -2.33. The number of rotatable bonds is 3. The summed E-state index contributed by atoms with van der Waals surface area (Å²) in [6.07, 6.45) is 0.0291. The Morgan fingerprint density at radius 1 is 1.29 bits per heavy atom. The number of esters is 1. The van der Waals surface area contributed by atoms with Crippen molar-refractivity contribution in [1.29, 1.82) is 0 Å². The highest BCUT2D eigenvalue weighted by atomic mass is 35.5. The molecule has 1 aromatic heterocycles. The molecule has 0 aliphatic heterocycles. The summed E-state index contributed by atoms with van der Waals surface area (Å²) in [5, 5.41) is 5.12. The number of benzene rings is 2. The summed E-state index contributed by atoms with van der Waals surface area (Å²) >= 11 is 6.01. The summed E-state index contributed by atoms with van der Waals surface area (Å²) in [7, 11) is 0. The molecule has 4 nitrogen and oxygen atoms in total. The number of carbonyl (C=O) groups excluding carboxylic acids is 1. The Kier molecular flexibility index (Phi) is 3.62. The first-order chi connectivity index (χ1) is 10.1. The number of para-hydroxylation sites is 1. The maximum atomic E-state index is 12.0. The topological polar surface area (TPSA) is 52.3 Å². The lowest BCUT2D eigenvalue weighted by molar-refractivity contribution is -0.133. The van der Waals surface area contributed by atoms with E-state index in [4.69, 9.17) is 20.9 Å². The van der Waals surface area contributed by atoms with Crippen LogP contribution in [0, 0.1) is 6.92 Å². The van der Waals surface area contributed by atoms with Gasteiger partial charge < -0.3 is 9.26 Å². The van der Waals surface area contributed by atoms with Crippen LogP contribution in [-0.4, -0.2) is 11.1 Å². The monoisotopic (exact) mass is 301 g/mol. The maximum absolute atomic E-state index is 12.0. The van der Waals surface area contributed by atoms with Crippen LogP contribution in [0.5, 0.6) is 5.75 Å². The van der Waals surface area contributed by atoms with Crippen LogP contribution in [0.1, 0.15) is 11.3 Å². The SMILES string of the molecule is Cc1ccc(Cl)c(OC(=O)Cc2noc3ccccc23)c1. The molecule has 0 N–H and O–H groups in total.